The number of hydrogen-bond donors (Lipinski definition) is 1. The maximum Gasteiger partial charge on any atom is 0.161 e. The van der Waals surface area contributed by atoms with Crippen LogP contribution < -0.4 is 5.32 Å². The van der Waals surface area contributed by atoms with Crippen molar-refractivity contribution in [1.29, 1.82) is 10.5 Å². The van der Waals surface area contributed by atoms with Crippen LogP contribution in [0, 0.1) is 35.0 Å². The lowest BCUT2D eigenvalue weighted by Crippen LogP contribution is -2.12. The van der Waals surface area contributed by atoms with Gasteiger partial charge in [0, 0.05) is 6.54 Å². The summed E-state index contributed by atoms with van der Waals surface area (Å²) in [6.07, 6.45) is 5.04. The van der Waals surface area contributed by atoms with Gasteiger partial charge in [0.25, 0.3) is 0 Å². The van der Waals surface area contributed by atoms with Crippen molar-refractivity contribution in [2.24, 2.45) is 0 Å². The molecule has 0 aliphatic rings. The van der Waals surface area contributed by atoms with E-state index in [4.69, 9.17) is 16.9 Å². The van der Waals surface area contributed by atoms with Gasteiger partial charge in [-0.2, -0.15) is 10.5 Å². The Balaban J connectivity index is 4.75. The summed E-state index contributed by atoms with van der Waals surface area (Å²) in [5.41, 5.74) is 0.215. The zero-order valence-corrected chi connectivity index (χ0v) is 6.18. The third kappa shape index (κ3) is 2.43. The summed E-state index contributed by atoms with van der Waals surface area (Å²) < 4.78 is 0. The molecular weight excluding hydrogens is 138 g/mol. The molecule has 0 spiro atoms. The van der Waals surface area contributed by atoms with E-state index in [0.29, 0.717) is 6.54 Å². The van der Waals surface area contributed by atoms with Crippen LogP contribution in [0.3, 0.4) is 0 Å². The maximum absolute atomic E-state index is 8.39. The molecular formula is C8H7N3. The Hall–Kier alpha value is -1.92. The topological polar surface area (TPSA) is 59.6 Å². The van der Waals surface area contributed by atoms with E-state index in [1.54, 1.807) is 12.1 Å². The van der Waals surface area contributed by atoms with Crippen molar-refractivity contribution in [3.8, 4) is 24.5 Å². The fourth-order valence-corrected chi connectivity index (χ4v) is 0.525. The van der Waals surface area contributed by atoms with Gasteiger partial charge in [0.05, 0.1) is 0 Å². The molecule has 0 bridgehead atoms. The Labute approximate surface area is 65.9 Å². The largest absolute Gasteiger partial charge is 0.377 e. The first-order valence-electron chi connectivity index (χ1n) is 3.05. The van der Waals surface area contributed by atoms with E-state index in [2.05, 4.69) is 11.2 Å². The zero-order valence-electron chi connectivity index (χ0n) is 6.18. The minimum Gasteiger partial charge on any atom is -0.377 e. The highest BCUT2D eigenvalue weighted by atomic mass is 14.9. The molecule has 0 aromatic heterocycles. The summed E-state index contributed by atoms with van der Waals surface area (Å²) >= 11 is 0. The van der Waals surface area contributed by atoms with Gasteiger partial charge in [0.1, 0.15) is 17.8 Å². The molecule has 0 saturated heterocycles. The molecule has 0 aromatic carbocycles. The average molecular weight is 145 g/mol. The van der Waals surface area contributed by atoms with Gasteiger partial charge in [-0.25, -0.2) is 0 Å². The molecule has 3 nitrogen and oxygen atoms in total. The van der Waals surface area contributed by atoms with Crippen LogP contribution in [-0.2, 0) is 0 Å². The number of nitriles is 2. The van der Waals surface area contributed by atoms with Crippen LogP contribution in [-0.4, -0.2) is 6.54 Å². The lowest BCUT2D eigenvalue weighted by molar-refractivity contribution is 0.882. The number of nitrogens with zero attached hydrogens (tertiary/aromatic N) is 2. The summed E-state index contributed by atoms with van der Waals surface area (Å²) in [5, 5.41) is 19.5. The molecule has 0 saturated carbocycles. The second-order valence-electron chi connectivity index (χ2n) is 1.65. The van der Waals surface area contributed by atoms with E-state index in [1.165, 1.54) is 0 Å². The Morgan fingerprint density at radius 2 is 2.00 bits per heavy atom. The van der Waals surface area contributed by atoms with Crippen LogP contribution in [0.4, 0.5) is 0 Å². The van der Waals surface area contributed by atoms with E-state index in [1.807, 2.05) is 6.92 Å². The number of rotatable bonds is 2. The van der Waals surface area contributed by atoms with Crippen molar-refractivity contribution in [2.75, 3.05) is 6.54 Å². The minimum atomic E-state index is -0.0469. The van der Waals surface area contributed by atoms with Crippen molar-refractivity contribution in [3.63, 3.8) is 0 Å². The number of nitrogens with one attached hydrogen (secondary N) is 1. The van der Waals surface area contributed by atoms with E-state index >= 15 is 0 Å². The van der Waals surface area contributed by atoms with Gasteiger partial charge in [-0.3, -0.25) is 0 Å². The summed E-state index contributed by atoms with van der Waals surface area (Å²) in [5.74, 6) is 2.23. The molecule has 0 aliphatic carbocycles. The van der Waals surface area contributed by atoms with Crippen LogP contribution in [0.1, 0.15) is 6.92 Å². The monoisotopic (exact) mass is 145 g/mol. The molecule has 3 heteroatoms. The third-order valence-electron chi connectivity index (χ3n) is 0.971. The third-order valence-corrected chi connectivity index (χ3v) is 0.971. The van der Waals surface area contributed by atoms with Crippen LogP contribution in [0.15, 0.2) is 11.3 Å². The van der Waals surface area contributed by atoms with E-state index in [0.717, 1.165) is 0 Å². The number of hydrogen-bond acceptors (Lipinski definition) is 3. The SMILES string of the molecule is C#CC(NCC)=C(C#N)C#N. The fourth-order valence-electron chi connectivity index (χ4n) is 0.525. The second kappa shape index (κ2) is 4.91. The van der Waals surface area contributed by atoms with Crippen molar-refractivity contribution in [2.45, 2.75) is 6.92 Å². The quantitative estimate of drug-likeness (QED) is 0.455. The van der Waals surface area contributed by atoms with Crippen LogP contribution in [0.5, 0.6) is 0 Å². The molecule has 0 aliphatic heterocycles. The van der Waals surface area contributed by atoms with Gasteiger partial charge in [-0.1, -0.05) is 5.92 Å². The molecule has 54 valence electrons. The average Bonchev–Trinajstić information content (AvgIpc) is 2.05. The summed E-state index contributed by atoms with van der Waals surface area (Å²) in [6, 6.07) is 3.40. The standard InChI is InChI=1S/C8H7N3/c1-3-8(11-4-2)7(5-9)6-10/h1,11H,4H2,2H3. The van der Waals surface area contributed by atoms with Crippen LogP contribution in [0.2, 0.25) is 0 Å². The molecule has 0 radical (unpaired) electrons. The van der Waals surface area contributed by atoms with E-state index < -0.39 is 0 Å². The highest BCUT2D eigenvalue weighted by molar-refractivity contribution is 5.46. The Bertz CT molecular complexity index is 264. The van der Waals surface area contributed by atoms with Gasteiger partial charge >= 0.3 is 0 Å². The number of terminal acetylenes is 1. The highest BCUT2D eigenvalue weighted by Gasteiger charge is 1.99. The molecule has 0 amide bonds. The first kappa shape index (κ1) is 9.08. The number of allylic oxidation sites excluding steroid dienone is 2. The molecule has 1 N–H and O–H groups in total. The fraction of sp³-hybridized carbons (Fsp3) is 0.250. The lowest BCUT2D eigenvalue weighted by Gasteiger charge is -1.98. The van der Waals surface area contributed by atoms with E-state index in [-0.39, 0.29) is 11.3 Å². The smallest absolute Gasteiger partial charge is 0.161 e. The molecule has 0 unspecified atom stereocenters. The Morgan fingerprint density at radius 3 is 2.27 bits per heavy atom. The second-order valence-corrected chi connectivity index (χ2v) is 1.65. The predicted molar refractivity (Wildman–Crippen MR) is 40.8 cm³/mol. The van der Waals surface area contributed by atoms with Crippen molar-refractivity contribution < 1.29 is 0 Å². The van der Waals surface area contributed by atoms with Gasteiger partial charge in [0.2, 0.25) is 0 Å². The van der Waals surface area contributed by atoms with Crippen molar-refractivity contribution >= 4 is 0 Å². The maximum atomic E-state index is 8.39. The molecule has 0 aromatic rings. The van der Waals surface area contributed by atoms with Gasteiger partial charge in [-0.15, -0.1) is 6.42 Å². The summed E-state index contributed by atoms with van der Waals surface area (Å²) in [4.78, 5) is 0. The van der Waals surface area contributed by atoms with Crippen LogP contribution >= 0.6 is 0 Å². The highest BCUT2D eigenvalue weighted by Crippen LogP contribution is 1.96. The summed E-state index contributed by atoms with van der Waals surface area (Å²) in [6.45, 7) is 2.44. The molecule has 0 heterocycles. The molecule has 11 heavy (non-hydrogen) atoms. The van der Waals surface area contributed by atoms with Gasteiger partial charge in [0.15, 0.2) is 5.57 Å². The lowest BCUT2D eigenvalue weighted by atomic mass is 10.2. The van der Waals surface area contributed by atoms with Gasteiger partial charge in [-0.05, 0) is 6.92 Å². The Morgan fingerprint density at radius 1 is 1.45 bits per heavy atom. The normalized spacial score (nSPS) is 6.73. The zero-order chi connectivity index (χ0) is 8.69. The van der Waals surface area contributed by atoms with Crippen molar-refractivity contribution in [3.05, 3.63) is 11.3 Å². The molecule has 0 rings (SSSR count). The van der Waals surface area contributed by atoms with Crippen LogP contribution in [0.25, 0.3) is 0 Å². The predicted octanol–water partition coefficient (Wildman–Crippen LogP) is 0.530. The molecule has 0 atom stereocenters. The van der Waals surface area contributed by atoms with Crippen molar-refractivity contribution in [1.82, 2.24) is 5.32 Å². The Kier molecular flexibility index (Phi) is 4.06. The minimum absolute atomic E-state index is 0.0469. The first-order valence-corrected chi connectivity index (χ1v) is 3.05. The van der Waals surface area contributed by atoms with Gasteiger partial charge < -0.3 is 5.32 Å². The summed E-state index contributed by atoms with van der Waals surface area (Å²) in [7, 11) is 0. The first-order chi connectivity index (χ1) is 5.29. The van der Waals surface area contributed by atoms with E-state index in [9.17, 15) is 0 Å². The molecule has 0 fully saturated rings.